The quantitative estimate of drug-likeness (QED) is 0.817. The Kier molecular flexibility index (Phi) is 3.43. The van der Waals surface area contributed by atoms with Gasteiger partial charge in [-0.3, -0.25) is 0 Å². The first-order valence-electron chi connectivity index (χ1n) is 6.87. The van der Waals surface area contributed by atoms with Crippen LogP contribution in [0, 0.1) is 11.8 Å². The number of aryl methyl sites for hydroxylation is 1. The molecule has 94 valence electrons. The lowest BCUT2D eigenvalue weighted by molar-refractivity contribution is 0.480. The van der Waals surface area contributed by atoms with Crippen LogP contribution < -0.4 is 5.32 Å². The van der Waals surface area contributed by atoms with Crippen LogP contribution in [0.15, 0.2) is 0 Å². The summed E-state index contributed by atoms with van der Waals surface area (Å²) in [6, 6.07) is 0. The zero-order chi connectivity index (χ0) is 11.7. The Morgan fingerprint density at radius 2 is 2.00 bits per heavy atom. The fourth-order valence-electron chi connectivity index (χ4n) is 3.28. The van der Waals surface area contributed by atoms with Crippen molar-refractivity contribution < 1.29 is 0 Å². The van der Waals surface area contributed by atoms with E-state index in [-0.39, 0.29) is 0 Å². The van der Waals surface area contributed by atoms with Gasteiger partial charge in [0.25, 0.3) is 0 Å². The molecule has 17 heavy (non-hydrogen) atoms. The number of rotatable bonds is 5. The highest BCUT2D eigenvalue weighted by atomic mass is 32.1. The summed E-state index contributed by atoms with van der Waals surface area (Å²) < 4.78 is 0. The monoisotopic (exact) mass is 251 g/mol. The Morgan fingerprint density at radius 3 is 2.71 bits per heavy atom. The molecule has 0 aromatic carbocycles. The lowest BCUT2D eigenvalue weighted by Gasteiger charge is -2.04. The van der Waals surface area contributed by atoms with E-state index in [1.54, 1.807) is 0 Å². The van der Waals surface area contributed by atoms with Crippen LogP contribution in [-0.4, -0.2) is 23.8 Å². The SMILES string of the molecule is CNCCCc1nnc(C2C3CCCCC32)s1. The van der Waals surface area contributed by atoms with Crippen LogP contribution >= 0.6 is 11.3 Å². The summed E-state index contributed by atoms with van der Waals surface area (Å²) in [6.07, 6.45) is 7.99. The number of hydrogen-bond acceptors (Lipinski definition) is 4. The highest BCUT2D eigenvalue weighted by Gasteiger charge is 2.52. The summed E-state index contributed by atoms with van der Waals surface area (Å²) in [5.41, 5.74) is 0. The Hall–Kier alpha value is -0.480. The zero-order valence-electron chi connectivity index (χ0n) is 10.5. The van der Waals surface area contributed by atoms with Crippen LogP contribution in [0.1, 0.15) is 48.0 Å². The molecule has 3 nitrogen and oxygen atoms in total. The third-order valence-corrected chi connectivity index (χ3v) is 5.33. The van der Waals surface area contributed by atoms with E-state index in [9.17, 15) is 0 Å². The summed E-state index contributed by atoms with van der Waals surface area (Å²) in [6.45, 7) is 1.07. The maximum atomic E-state index is 4.43. The molecule has 1 N–H and O–H groups in total. The summed E-state index contributed by atoms with van der Waals surface area (Å²) in [4.78, 5) is 0. The predicted octanol–water partition coefficient (Wildman–Crippen LogP) is 2.59. The van der Waals surface area contributed by atoms with Gasteiger partial charge in [-0.25, -0.2) is 0 Å². The van der Waals surface area contributed by atoms with Crippen molar-refractivity contribution in [3.8, 4) is 0 Å². The van der Waals surface area contributed by atoms with Gasteiger partial charge in [0.1, 0.15) is 10.0 Å². The molecule has 2 saturated carbocycles. The molecule has 0 radical (unpaired) electrons. The van der Waals surface area contributed by atoms with Gasteiger partial charge in [0.15, 0.2) is 0 Å². The Bertz CT molecular complexity index is 364. The average molecular weight is 251 g/mol. The van der Waals surface area contributed by atoms with Crippen molar-refractivity contribution in [2.24, 2.45) is 11.8 Å². The molecular weight excluding hydrogens is 230 g/mol. The van der Waals surface area contributed by atoms with E-state index in [0.717, 1.165) is 30.7 Å². The van der Waals surface area contributed by atoms with Gasteiger partial charge in [0, 0.05) is 12.3 Å². The van der Waals surface area contributed by atoms with Crippen LogP contribution in [0.5, 0.6) is 0 Å². The molecule has 1 heterocycles. The molecule has 2 atom stereocenters. The van der Waals surface area contributed by atoms with Gasteiger partial charge < -0.3 is 5.32 Å². The van der Waals surface area contributed by atoms with Gasteiger partial charge in [0.05, 0.1) is 0 Å². The molecular formula is C13H21N3S. The van der Waals surface area contributed by atoms with Gasteiger partial charge in [-0.15, -0.1) is 21.5 Å². The fraction of sp³-hybridized carbons (Fsp3) is 0.846. The largest absolute Gasteiger partial charge is 0.320 e. The first kappa shape index (κ1) is 11.6. The van der Waals surface area contributed by atoms with Gasteiger partial charge in [-0.1, -0.05) is 12.8 Å². The van der Waals surface area contributed by atoms with Crippen LogP contribution in [-0.2, 0) is 6.42 Å². The summed E-state index contributed by atoms with van der Waals surface area (Å²) in [7, 11) is 2.00. The second kappa shape index (κ2) is 5.02. The van der Waals surface area contributed by atoms with Crippen LogP contribution in [0.4, 0.5) is 0 Å². The summed E-state index contributed by atoms with van der Waals surface area (Å²) >= 11 is 1.87. The van der Waals surface area contributed by atoms with Gasteiger partial charge in [0.2, 0.25) is 0 Å². The molecule has 0 bridgehead atoms. The van der Waals surface area contributed by atoms with E-state index >= 15 is 0 Å². The van der Waals surface area contributed by atoms with Crippen LogP contribution in [0.25, 0.3) is 0 Å². The summed E-state index contributed by atoms with van der Waals surface area (Å²) in [5.74, 6) is 2.71. The molecule has 0 saturated heterocycles. The number of nitrogens with zero attached hydrogens (tertiary/aromatic N) is 2. The second-order valence-corrected chi connectivity index (χ2v) is 6.47. The average Bonchev–Trinajstić information content (AvgIpc) is 2.91. The molecule has 1 aromatic rings. The van der Waals surface area contributed by atoms with E-state index in [1.165, 1.54) is 42.1 Å². The van der Waals surface area contributed by atoms with Crippen molar-refractivity contribution in [3.05, 3.63) is 10.0 Å². The number of nitrogens with one attached hydrogen (secondary N) is 1. The molecule has 0 amide bonds. The standard InChI is InChI=1S/C13H21N3S/c1-14-8-4-7-11-15-16-13(17-11)12-9-5-2-3-6-10(9)12/h9-10,12,14H,2-8H2,1H3. The summed E-state index contributed by atoms with van der Waals surface area (Å²) in [5, 5.41) is 14.5. The molecule has 2 aliphatic carbocycles. The van der Waals surface area contributed by atoms with Crippen molar-refractivity contribution in [1.29, 1.82) is 0 Å². The number of fused-ring (bicyclic) bond motifs is 1. The van der Waals surface area contributed by atoms with E-state index in [1.807, 2.05) is 18.4 Å². The lowest BCUT2D eigenvalue weighted by atomic mass is 10.0. The molecule has 2 aliphatic rings. The molecule has 4 heteroatoms. The van der Waals surface area contributed by atoms with Crippen molar-refractivity contribution in [2.75, 3.05) is 13.6 Å². The normalized spacial score (nSPS) is 31.2. The third-order valence-electron chi connectivity index (χ3n) is 4.24. The molecule has 3 rings (SSSR count). The Balaban J connectivity index is 1.57. The van der Waals surface area contributed by atoms with Crippen LogP contribution in [0.3, 0.4) is 0 Å². The van der Waals surface area contributed by atoms with Crippen LogP contribution in [0.2, 0.25) is 0 Å². The maximum absolute atomic E-state index is 4.43. The van der Waals surface area contributed by atoms with Crippen molar-refractivity contribution in [1.82, 2.24) is 15.5 Å². The van der Waals surface area contributed by atoms with E-state index < -0.39 is 0 Å². The fourth-order valence-corrected chi connectivity index (χ4v) is 4.41. The third kappa shape index (κ3) is 2.38. The highest BCUT2D eigenvalue weighted by Crippen LogP contribution is 2.61. The smallest absolute Gasteiger partial charge is 0.121 e. The van der Waals surface area contributed by atoms with Crippen molar-refractivity contribution in [3.63, 3.8) is 0 Å². The molecule has 1 aromatic heterocycles. The molecule has 0 aliphatic heterocycles. The zero-order valence-corrected chi connectivity index (χ0v) is 11.3. The number of aromatic nitrogens is 2. The first-order valence-corrected chi connectivity index (χ1v) is 7.68. The second-order valence-electron chi connectivity index (χ2n) is 5.38. The van der Waals surface area contributed by atoms with Gasteiger partial charge in [-0.2, -0.15) is 0 Å². The minimum atomic E-state index is 0.785. The highest BCUT2D eigenvalue weighted by molar-refractivity contribution is 7.11. The van der Waals surface area contributed by atoms with Gasteiger partial charge >= 0.3 is 0 Å². The predicted molar refractivity (Wildman–Crippen MR) is 70.3 cm³/mol. The molecule has 2 unspecified atom stereocenters. The Morgan fingerprint density at radius 1 is 1.24 bits per heavy atom. The lowest BCUT2D eigenvalue weighted by Crippen LogP contribution is -2.08. The van der Waals surface area contributed by atoms with Gasteiger partial charge in [-0.05, 0) is 44.7 Å². The van der Waals surface area contributed by atoms with Crippen molar-refractivity contribution in [2.45, 2.75) is 44.4 Å². The number of hydrogen-bond donors (Lipinski definition) is 1. The van der Waals surface area contributed by atoms with E-state index in [0.29, 0.717) is 0 Å². The van der Waals surface area contributed by atoms with E-state index in [2.05, 4.69) is 15.5 Å². The molecule has 0 spiro atoms. The topological polar surface area (TPSA) is 37.8 Å². The molecule has 2 fully saturated rings. The minimum absolute atomic E-state index is 0.785. The first-order chi connectivity index (χ1) is 8.40. The van der Waals surface area contributed by atoms with Crippen molar-refractivity contribution >= 4 is 11.3 Å². The van der Waals surface area contributed by atoms with E-state index in [4.69, 9.17) is 0 Å². The Labute approximate surface area is 107 Å². The minimum Gasteiger partial charge on any atom is -0.320 e. The maximum Gasteiger partial charge on any atom is 0.121 e.